The Morgan fingerprint density at radius 1 is 0.818 bits per heavy atom. The van der Waals surface area contributed by atoms with E-state index in [1.54, 1.807) is 0 Å². The highest BCUT2D eigenvalue weighted by Crippen LogP contribution is 2.28. The van der Waals surface area contributed by atoms with Crippen molar-refractivity contribution in [3.8, 4) is 11.3 Å². The first-order valence-corrected chi connectivity index (χ1v) is 12.1. The van der Waals surface area contributed by atoms with E-state index in [0.717, 1.165) is 43.0 Å². The number of hydrogen-bond donors (Lipinski definition) is 1. The Kier molecular flexibility index (Phi) is 6.46. The smallest absolute Gasteiger partial charge is 0.248 e. The zero-order valence-corrected chi connectivity index (χ0v) is 19.1. The molecule has 1 aliphatic heterocycles. The molecule has 166 valence electrons. The summed E-state index contributed by atoms with van der Waals surface area (Å²) < 4.78 is 0. The van der Waals surface area contributed by atoms with E-state index in [1.807, 2.05) is 72.1 Å². The molecule has 1 atom stereocenters. The molecule has 1 saturated heterocycles. The van der Waals surface area contributed by atoms with Crippen molar-refractivity contribution >= 4 is 28.1 Å². The van der Waals surface area contributed by atoms with Crippen LogP contribution in [0.2, 0.25) is 0 Å². The Morgan fingerprint density at radius 2 is 1.42 bits per heavy atom. The second kappa shape index (κ2) is 9.98. The van der Waals surface area contributed by atoms with Crippen LogP contribution in [0.1, 0.15) is 11.6 Å². The van der Waals surface area contributed by atoms with Crippen LogP contribution in [0.3, 0.4) is 0 Å². The van der Waals surface area contributed by atoms with Crippen LogP contribution in [0.5, 0.6) is 0 Å². The van der Waals surface area contributed by atoms with Gasteiger partial charge in [0.2, 0.25) is 5.91 Å². The van der Waals surface area contributed by atoms with Gasteiger partial charge in [0.15, 0.2) is 5.13 Å². The molecule has 1 fully saturated rings. The third-order valence-corrected chi connectivity index (χ3v) is 6.73. The molecule has 3 aromatic carbocycles. The van der Waals surface area contributed by atoms with E-state index in [4.69, 9.17) is 0 Å². The maximum absolute atomic E-state index is 13.5. The lowest BCUT2D eigenvalue weighted by Gasteiger charge is -2.39. The molecule has 1 amide bonds. The Hall–Kier alpha value is -3.48. The lowest BCUT2D eigenvalue weighted by atomic mass is 10.0. The van der Waals surface area contributed by atoms with E-state index in [-0.39, 0.29) is 11.9 Å². The number of benzene rings is 3. The number of hydrogen-bond acceptors (Lipinski definition) is 5. The van der Waals surface area contributed by atoms with Crippen molar-refractivity contribution in [2.24, 2.45) is 0 Å². The van der Waals surface area contributed by atoms with Crippen LogP contribution in [0.25, 0.3) is 11.3 Å². The summed E-state index contributed by atoms with van der Waals surface area (Å²) in [6, 6.07) is 30.2. The molecule has 1 aliphatic rings. The van der Waals surface area contributed by atoms with Gasteiger partial charge in [0.25, 0.3) is 0 Å². The summed E-state index contributed by atoms with van der Waals surface area (Å²) in [5, 5.41) is 5.70. The summed E-state index contributed by atoms with van der Waals surface area (Å²) in [4.78, 5) is 22.8. The molecule has 5 rings (SSSR count). The molecule has 5 nitrogen and oxygen atoms in total. The highest BCUT2D eigenvalue weighted by atomic mass is 32.1. The normalized spacial score (nSPS) is 15.2. The van der Waals surface area contributed by atoms with Crippen LogP contribution in [0.15, 0.2) is 96.4 Å². The van der Waals surface area contributed by atoms with Crippen LogP contribution in [0, 0.1) is 0 Å². The molecule has 1 aromatic heterocycles. The second-order valence-corrected chi connectivity index (χ2v) is 8.92. The van der Waals surface area contributed by atoms with Gasteiger partial charge in [-0.15, -0.1) is 11.3 Å². The number of nitrogens with zero attached hydrogens (tertiary/aromatic N) is 3. The van der Waals surface area contributed by atoms with Crippen molar-refractivity contribution in [1.82, 2.24) is 9.88 Å². The number of amides is 1. The summed E-state index contributed by atoms with van der Waals surface area (Å²) in [7, 11) is 0. The van der Waals surface area contributed by atoms with E-state index in [9.17, 15) is 4.79 Å². The third-order valence-electron chi connectivity index (χ3n) is 5.97. The maximum atomic E-state index is 13.5. The Labute approximate surface area is 198 Å². The number of nitrogens with one attached hydrogen (secondary N) is 1. The molecule has 0 saturated carbocycles. The Balaban J connectivity index is 1.32. The van der Waals surface area contributed by atoms with Gasteiger partial charge in [0.05, 0.1) is 5.69 Å². The zero-order chi connectivity index (χ0) is 22.5. The summed E-state index contributed by atoms with van der Waals surface area (Å²) in [6.07, 6.45) is 0. The van der Waals surface area contributed by atoms with E-state index in [1.165, 1.54) is 17.0 Å². The summed E-state index contributed by atoms with van der Waals surface area (Å²) >= 11 is 1.46. The van der Waals surface area contributed by atoms with Gasteiger partial charge in [-0.05, 0) is 17.7 Å². The van der Waals surface area contributed by atoms with Gasteiger partial charge < -0.3 is 10.2 Å². The zero-order valence-electron chi connectivity index (χ0n) is 18.3. The molecule has 0 radical (unpaired) electrons. The van der Waals surface area contributed by atoms with Crippen LogP contribution < -0.4 is 10.2 Å². The topological polar surface area (TPSA) is 48.5 Å². The molecule has 4 aromatic rings. The van der Waals surface area contributed by atoms with Gasteiger partial charge in [-0.3, -0.25) is 9.69 Å². The number of carbonyl (C=O) groups excluding carboxylic acids is 1. The van der Waals surface area contributed by atoms with Crippen LogP contribution in [-0.2, 0) is 4.79 Å². The highest BCUT2D eigenvalue weighted by Gasteiger charge is 2.31. The van der Waals surface area contributed by atoms with Gasteiger partial charge >= 0.3 is 0 Å². The van der Waals surface area contributed by atoms with Crippen molar-refractivity contribution in [2.45, 2.75) is 6.04 Å². The fourth-order valence-electron chi connectivity index (χ4n) is 4.29. The van der Waals surface area contributed by atoms with E-state index in [2.05, 4.69) is 44.4 Å². The molecule has 0 bridgehead atoms. The number of anilines is 2. The molecule has 1 N–H and O–H groups in total. The van der Waals surface area contributed by atoms with Gasteiger partial charge in [0.1, 0.15) is 6.04 Å². The highest BCUT2D eigenvalue weighted by molar-refractivity contribution is 7.14. The minimum atomic E-state index is -0.354. The summed E-state index contributed by atoms with van der Waals surface area (Å²) in [5.74, 6) is -0.0386. The number of rotatable bonds is 6. The summed E-state index contributed by atoms with van der Waals surface area (Å²) in [6.45, 7) is 3.40. The monoisotopic (exact) mass is 454 g/mol. The van der Waals surface area contributed by atoms with Crippen LogP contribution in [0.4, 0.5) is 10.8 Å². The second-order valence-electron chi connectivity index (χ2n) is 8.06. The van der Waals surface area contributed by atoms with E-state index >= 15 is 0 Å². The van der Waals surface area contributed by atoms with Gasteiger partial charge in [0, 0.05) is 42.8 Å². The SMILES string of the molecule is O=C(Nc1nc(-c2ccccc2)cs1)[C@@H](c1ccccc1)N1CCN(c2ccccc2)CC1. The molecule has 33 heavy (non-hydrogen) atoms. The minimum Gasteiger partial charge on any atom is -0.369 e. The molecule has 6 heteroatoms. The number of aromatic nitrogens is 1. The van der Waals surface area contributed by atoms with Crippen molar-refractivity contribution in [3.05, 3.63) is 102 Å². The first-order chi connectivity index (χ1) is 16.3. The maximum Gasteiger partial charge on any atom is 0.248 e. The van der Waals surface area contributed by atoms with Crippen LogP contribution >= 0.6 is 11.3 Å². The summed E-state index contributed by atoms with van der Waals surface area (Å²) in [5.41, 5.74) is 4.16. The fraction of sp³-hybridized carbons (Fsp3) is 0.185. The molecule has 2 heterocycles. The molecule has 0 unspecified atom stereocenters. The average Bonchev–Trinajstić information content (AvgIpc) is 3.35. The fourth-order valence-corrected chi connectivity index (χ4v) is 5.01. The van der Waals surface area contributed by atoms with Crippen molar-refractivity contribution in [2.75, 3.05) is 36.4 Å². The Morgan fingerprint density at radius 3 is 2.09 bits per heavy atom. The molecular formula is C27H26N4OS. The standard InChI is InChI=1S/C27H26N4OS/c32-26(29-27-28-24(20-33-27)21-10-4-1-5-11-21)25(22-12-6-2-7-13-22)31-18-16-30(17-19-31)23-14-8-3-9-15-23/h1-15,20,25H,16-19H2,(H,28,29,32)/t25-/m1/s1. The van der Waals surface area contributed by atoms with Crippen LogP contribution in [-0.4, -0.2) is 42.0 Å². The quantitative estimate of drug-likeness (QED) is 0.429. The molecule has 0 aliphatic carbocycles. The number of para-hydroxylation sites is 1. The van der Waals surface area contributed by atoms with Crippen molar-refractivity contribution in [1.29, 1.82) is 0 Å². The first-order valence-electron chi connectivity index (χ1n) is 11.2. The minimum absolute atomic E-state index is 0.0386. The predicted molar refractivity (Wildman–Crippen MR) is 136 cm³/mol. The van der Waals surface area contributed by atoms with E-state index in [0.29, 0.717) is 5.13 Å². The van der Waals surface area contributed by atoms with E-state index < -0.39 is 0 Å². The number of piperazine rings is 1. The lowest BCUT2D eigenvalue weighted by molar-refractivity contribution is -0.121. The first kappa shape index (κ1) is 21.4. The van der Waals surface area contributed by atoms with Gasteiger partial charge in [-0.1, -0.05) is 78.9 Å². The number of carbonyl (C=O) groups is 1. The predicted octanol–water partition coefficient (Wildman–Crippen LogP) is 5.31. The van der Waals surface area contributed by atoms with Gasteiger partial charge in [-0.2, -0.15) is 0 Å². The molecule has 0 spiro atoms. The van der Waals surface area contributed by atoms with Gasteiger partial charge in [-0.25, -0.2) is 4.98 Å². The van der Waals surface area contributed by atoms with Crippen molar-refractivity contribution < 1.29 is 4.79 Å². The van der Waals surface area contributed by atoms with Crippen molar-refractivity contribution in [3.63, 3.8) is 0 Å². The lowest BCUT2D eigenvalue weighted by Crippen LogP contribution is -2.50. The largest absolute Gasteiger partial charge is 0.369 e. The Bertz CT molecular complexity index is 1170. The number of thiazole rings is 1. The third kappa shape index (κ3) is 4.97. The molecular weight excluding hydrogens is 428 g/mol. The average molecular weight is 455 g/mol.